The summed E-state index contributed by atoms with van der Waals surface area (Å²) in [5.41, 5.74) is 1.26. The van der Waals surface area contributed by atoms with Crippen LogP contribution in [-0.4, -0.2) is 40.8 Å². The van der Waals surface area contributed by atoms with Gasteiger partial charge in [0, 0.05) is 18.0 Å². The van der Waals surface area contributed by atoms with Gasteiger partial charge in [0.15, 0.2) is 0 Å². The molecule has 4 nitrogen and oxygen atoms in total. The molecule has 1 atom stereocenters. The molecular formula is C19H30N2O2S2. The minimum atomic E-state index is -0.386. The van der Waals surface area contributed by atoms with Crippen molar-refractivity contribution in [2.24, 2.45) is 5.92 Å². The number of thiophene rings is 1. The Bertz CT molecular complexity index is 572. The Morgan fingerprint density at radius 1 is 1.36 bits per heavy atom. The number of carbonyl (C=O) groups excluding carboxylic acids is 2. The van der Waals surface area contributed by atoms with Crippen molar-refractivity contribution in [3.63, 3.8) is 0 Å². The maximum atomic E-state index is 12.9. The van der Waals surface area contributed by atoms with Gasteiger partial charge in [0.25, 0.3) is 0 Å². The Labute approximate surface area is 159 Å². The van der Waals surface area contributed by atoms with Gasteiger partial charge in [-0.3, -0.25) is 9.59 Å². The first-order valence-electron chi connectivity index (χ1n) is 9.22. The van der Waals surface area contributed by atoms with Crippen LogP contribution in [0.1, 0.15) is 50.5 Å². The zero-order valence-electron chi connectivity index (χ0n) is 15.5. The van der Waals surface area contributed by atoms with Crippen LogP contribution in [0, 0.1) is 5.92 Å². The summed E-state index contributed by atoms with van der Waals surface area (Å²) in [5, 5.41) is 5.07. The van der Waals surface area contributed by atoms with Crippen molar-refractivity contribution in [1.29, 1.82) is 0 Å². The van der Waals surface area contributed by atoms with E-state index >= 15 is 0 Å². The summed E-state index contributed by atoms with van der Waals surface area (Å²) < 4.78 is 0. The number of carbonyl (C=O) groups is 2. The highest BCUT2D eigenvalue weighted by atomic mass is 32.2. The third-order valence-electron chi connectivity index (χ3n) is 4.40. The number of hydrogen-bond donors (Lipinski definition) is 1. The van der Waals surface area contributed by atoms with E-state index < -0.39 is 0 Å². The highest BCUT2D eigenvalue weighted by Crippen LogP contribution is 2.24. The minimum absolute atomic E-state index is 0.0196. The molecule has 25 heavy (non-hydrogen) atoms. The van der Waals surface area contributed by atoms with Crippen LogP contribution >= 0.6 is 23.1 Å². The summed E-state index contributed by atoms with van der Waals surface area (Å²) in [6, 6.07) is 1.72. The second-order valence-electron chi connectivity index (χ2n) is 7.02. The Hall–Kier alpha value is -1.01. The number of amides is 2. The number of hydrogen-bond acceptors (Lipinski definition) is 4. The highest BCUT2D eigenvalue weighted by molar-refractivity contribution is 7.99. The van der Waals surface area contributed by atoms with Crippen molar-refractivity contribution >= 4 is 34.9 Å². The molecule has 0 bridgehead atoms. The molecule has 1 aliphatic heterocycles. The summed E-state index contributed by atoms with van der Waals surface area (Å²) >= 11 is 3.42. The van der Waals surface area contributed by atoms with Crippen LogP contribution in [0.15, 0.2) is 11.4 Å². The maximum Gasteiger partial charge on any atom is 0.245 e. The number of rotatable bonds is 9. The fraction of sp³-hybridized carbons (Fsp3) is 0.684. The van der Waals surface area contributed by atoms with E-state index in [2.05, 4.69) is 37.5 Å². The molecule has 2 amide bonds. The normalized spacial score (nSPS) is 15.1. The minimum Gasteiger partial charge on any atom is -0.344 e. The Morgan fingerprint density at radius 2 is 2.16 bits per heavy atom. The second kappa shape index (κ2) is 10.2. The van der Waals surface area contributed by atoms with E-state index in [1.165, 1.54) is 10.4 Å². The van der Waals surface area contributed by atoms with Crippen LogP contribution in [0.5, 0.6) is 0 Å². The summed E-state index contributed by atoms with van der Waals surface area (Å²) in [7, 11) is 0. The number of nitrogens with zero attached hydrogens (tertiary/aromatic N) is 1. The molecule has 6 heteroatoms. The van der Waals surface area contributed by atoms with Crippen molar-refractivity contribution in [1.82, 2.24) is 10.2 Å². The smallest absolute Gasteiger partial charge is 0.245 e. The van der Waals surface area contributed by atoms with Crippen LogP contribution in [0.4, 0.5) is 0 Å². The first-order valence-corrected chi connectivity index (χ1v) is 11.3. The molecule has 0 aromatic carbocycles. The molecule has 1 N–H and O–H groups in total. The van der Waals surface area contributed by atoms with Crippen LogP contribution in [0.2, 0.25) is 0 Å². The van der Waals surface area contributed by atoms with E-state index in [1.54, 1.807) is 23.1 Å². The van der Waals surface area contributed by atoms with E-state index in [0.29, 0.717) is 24.6 Å². The Kier molecular flexibility index (Phi) is 8.30. The third kappa shape index (κ3) is 6.33. The molecule has 1 unspecified atom stereocenters. The lowest BCUT2D eigenvalue weighted by atomic mass is 10.1. The van der Waals surface area contributed by atoms with E-state index in [4.69, 9.17) is 0 Å². The lowest BCUT2D eigenvalue weighted by molar-refractivity contribution is -0.137. The first-order chi connectivity index (χ1) is 12.0. The highest BCUT2D eigenvalue weighted by Gasteiger charge is 2.28. The zero-order valence-corrected chi connectivity index (χ0v) is 17.2. The standard InChI is InChI=1S/C19H30N2O2S2/c1-4-5-16(20-18(22)13-24-10-7-14(2)3)19(23)21-9-6-17-15(12-21)8-11-25-17/h8,11,14,16H,4-7,9-10,12-13H2,1-3H3,(H,20,22). The lowest BCUT2D eigenvalue weighted by Crippen LogP contribution is -2.50. The van der Waals surface area contributed by atoms with Gasteiger partial charge in [-0.25, -0.2) is 0 Å². The Morgan fingerprint density at radius 3 is 2.88 bits per heavy atom. The molecule has 1 aromatic rings. The molecule has 0 saturated heterocycles. The van der Waals surface area contributed by atoms with Gasteiger partial charge in [-0.05, 0) is 47.9 Å². The van der Waals surface area contributed by atoms with E-state index in [1.807, 2.05) is 4.90 Å². The van der Waals surface area contributed by atoms with Crippen molar-refractivity contribution in [2.75, 3.05) is 18.1 Å². The van der Waals surface area contributed by atoms with Gasteiger partial charge in [0.05, 0.1) is 5.75 Å². The monoisotopic (exact) mass is 382 g/mol. The largest absolute Gasteiger partial charge is 0.344 e. The summed E-state index contributed by atoms with van der Waals surface area (Å²) in [5.74, 6) is 2.14. The fourth-order valence-corrected chi connectivity index (χ4v) is 4.86. The van der Waals surface area contributed by atoms with Crippen LogP contribution in [-0.2, 0) is 22.6 Å². The zero-order chi connectivity index (χ0) is 18.2. The fourth-order valence-electron chi connectivity index (χ4n) is 2.92. The number of fused-ring (bicyclic) bond motifs is 1. The Balaban J connectivity index is 1.84. The summed E-state index contributed by atoms with van der Waals surface area (Å²) in [4.78, 5) is 28.4. The van der Waals surface area contributed by atoms with Crippen LogP contribution < -0.4 is 5.32 Å². The van der Waals surface area contributed by atoms with Crippen molar-refractivity contribution in [2.45, 2.75) is 59.0 Å². The van der Waals surface area contributed by atoms with Crippen LogP contribution in [0.25, 0.3) is 0 Å². The molecule has 0 radical (unpaired) electrons. The number of nitrogens with one attached hydrogen (secondary N) is 1. The topological polar surface area (TPSA) is 49.4 Å². The van der Waals surface area contributed by atoms with E-state index in [0.717, 1.165) is 31.6 Å². The molecule has 0 fully saturated rings. The summed E-state index contributed by atoms with van der Waals surface area (Å²) in [6.07, 6.45) is 3.63. The van der Waals surface area contributed by atoms with Gasteiger partial charge in [0.1, 0.15) is 6.04 Å². The SMILES string of the molecule is CCCC(NC(=O)CSCCC(C)C)C(=O)N1CCc2sccc2C1. The molecule has 1 aromatic heterocycles. The van der Waals surface area contributed by atoms with Gasteiger partial charge in [-0.1, -0.05) is 27.2 Å². The second-order valence-corrected chi connectivity index (χ2v) is 9.13. The van der Waals surface area contributed by atoms with Crippen molar-refractivity contribution < 1.29 is 9.59 Å². The molecular weight excluding hydrogens is 352 g/mol. The van der Waals surface area contributed by atoms with E-state index in [-0.39, 0.29) is 17.9 Å². The molecule has 0 aliphatic carbocycles. The van der Waals surface area contributed by atoms with Crippen LogP contribution in [0.3, 0.4) is 0 Å². The molecule has 140 valence electrons. The third-order valence-corrected chi connectivity index (χ3v) is 6.42. The van der Waals surface area contributed by atoms with Crippen molar-refractivity contribution in [3.8, 4) is 0 Å². The van der Waals surface area contributed by atoms with Crippen molar-refractivity contribution in [3.05, 3.63) is 21.9 Å². The van der Waals surface area contributed by atoms with Gasteiger partial charge in [-0.2, -0.15) is 11.8 Å². The average Bonchev–Trinajstić information content (AvgIpc) is 3.05. The average molecular weight is 383 g/mol. The molecule has 2 rings (SSSR count). The predicted octanol–water partition coefficient (Wildman–Crippen LogP) is 3.70. The predicted molar refractivity (Wildman–Crippen MR) is 107 cm³/mol. The molecule has 0 saturated carbocycles. The van der Waals surface area contributed by atoms with Gasteiger partial charge in [0.2, 0.25) is 11.8 Å². The maximum absolute atomic E-state index is 12.9. The summed E-state index contributed by atoms with van der Waals surface area (Å²) in [6.45, 7) is 7.86. The molecule has 2 heterocycles. The van der Waals surface area contributed by atoms with Gasteiger partial charge < -0.3 is 10.2 Å². The molecule has 1 aliphatic rings. The van der Waals surface area contributed by atoms with Gasteiger partial charge >= 0.3 is 0 Å². The lowest BCUT2D eigenvalue weighted by Gasteiger charge is -2.31. The van der Waals surface area contributed by atoms with Gasteiger partial charge in [-0.15, -0.1) is 11.3 Å². The quantitative estimate of drug-likeness (QED) is 0.663. The molecule has 0 spiro atoms. The number of thioether (sulfide) groups is 1. The first kappa shape index (κ1) is 20.3. The van der Waals surface area contributed by atoms with E-state index in [9.17, 15) is 9.59 Å².